The molecule has 1 fully saturated rings. The molecule has 0 aliphatic carbocycles. The Morgan fingerprint density at radius 2 is 2.04 bits per heavy atom. The van der Waals surface area contributed by atoms with Gasteiger partial charge >= 0.3 is 0 Å². The van der Waals surface area contributed by atoms with Gasteiger partial charge in [0.05, 0.1) is 26.9 Å². The van der Waals surface area contributed by atoms with Gasteiger partial charge in [-0.1, -0.05) is 6.07 Å². The molecule has 1 aliphatic rings. The van der Waals surface area contributed by atoms with Crippen LogP contribution in [0.15, 0.2) is 30.5 Å². The van der Waals surface area contributed by atoms with Gasteiger partial charge in [-0.2, -0.15) is 4.98 Å². The van der Waals surface area contributed by atoms with E-state index in [1.807, 2.05) is 31.2 Å². The monoisotopic (exact) mass is 344 g/mol. The molecule has 7 heteroatoms. The number of hydrogen-bond donors (Lipinski definition) is 1. The molecule has 2 aromatic rings. The third kappa shape index (κ3) is 4.51. The maximum absolute atomic E-state index is 5.62. The molecule has 1 aliphatic heterocycles. The van der Waals surface area contributed by atoms with Gasteiger partial charge < -0.3 is 24.4 Å². The van der Waals surface area contributed by atoms with Gasteiger partial charge in [0.1, 0.15) is 5.82 Å². The van der Waals surface area contributed by atoms with Crippen molar-refractivity contribution < 1.29 is 14.2 Å². The predicted octanol–water partition coefficient (Wildman–Crippen LogP) is 2.33. The van der Waals surface area contributed by atoms with Crippen LogP contribution in [-0.2, 0) is 11.3 Å². The first kappa shape index (κ1) is 17.3. The van der Waals surface area contributed by atoms with E-state index in [0.717, 1.165) is 49.2 Å². The summed E-state index contributed by atoms with van der Waals surface area (Å²) in [5.74, 6) is 3.01. The smallest absolute Gasteiger partial charge is 0.224 e. The Balaban J connectivity index is 1.66. The van der Waals surface area contributed by atoms with Crippen LogP contribution in [0.2, 0.25) is 0 Å². The van der Waals surface area contributed by atoms with Crippen molar-refractivity contribution in [2.45, 2.75) is 13.5 Å². The lowest BCUT2D eigenvalue weighted by Gasteiger charge is -2.27. The number of hydrogen-bond acceptors (Lipinski definition) is 7. The van der Waals surface area contributed by atoms with E-state index in [1.165, 1.54) is 0 Å². The number of nitrogens with zero attached hydrogens (tertiary/aromatic N) is 3. The molecule has 7 nitrogen and oxygen atoms in total. The molecule has 0 atom stereocenters. The van der Waals surface area contributed by atoms with Crippen LogP contribution in [0.3, 0.4) is 0 Å². The Hall–Kier alpha value is -2.54. The van der Waals surface area contributed by atoms with Crippen molar-refractivity contribution in [2.24, 2.45) is 0 Å². The van der Waals surface area contributed by atoms with Crippen molar-refractivity contribution in [1.29, 1.82) is 0 Å². The maximum Gasteiger partial charge on any atom is 0.224 e. The zero-order valence-corrected chi connectivity index (χ0v) is 14.7. The number of ether oxygens (including phenoxy) is 3. The molecule has 3 rings (SSSR count). The molecule has 1 aromatic carbocycles. The van der Waals surface area contributed by atoms with Gasteiger partial charge in [0, 0.05) is 25.8 Å². The molecule has 0 bridgehead atoms. The number of nitrogens with one attached hydrogen (secondary N) is 1. The maximum atomic E-state index is 5.62. The first-order valence-electron chi connectivity index (χ1n) is 8.49. The molecule has 2 heterocycles. The molecular formula is C18H24N4O3. The minimum absolute atomic E-state index is 0.595. The second-order valence-corrected chi connectivity index (χ2v) is 5.61. The van der Waals surface area contributed by atoms with Crippen molar-refractivity contribution in [2.75, 3.05) is 50.2 Å². The normalized spacial score (nSPS) is 14.2. The third-order valence-electron chi connectivity index (χ3n) is 3.95. The summed E-state index contributed by atoms with van der Waals surface area (Å²) in [5, 5.41) is 3.27. The Kier molecular flexibility index (Phi) is 5.90. The topological polar surface area (TPSA) is 68.7 Å². The summed E-state index contributed by atoms with van der Waals surface area (Å²) in [7, 11) is 1.64. The van der Waals surface area contributed by atoms with E-state index < -0.39 is 0 Å². The van der Waals surface area contributed by atoms with Crippen molar-refractivity contribution in [3.05, 3.63) is 36.0 Å². The first-order chi connectivity index (χ1) is 12.3. The number of aromatic nitrogens is 2. The summed E-state index contributed by atoms with van der Waals surface area (Å²) in [6.45, 7) is 6.33. The van der Waals surface area contributed by atoms with Crippen molar-refractivity contribution >= 4 is 11.8 Å². The highest BCUT2D eigenvalue weighted by molar-refractivity contribution is 5.45. The van der Waals surface area contributed by atoms with E-state index in [4.69, 9.17) is 14.2 Å². The van der Waals surface area contributed by atoms with Crippen LogP contribution in [0.5, 0.6) is 11.5 Å². The largest absolute Gasteiger partial charge is 0.493 e. The Labute approximate surface area is 147 Å². The van der Waals surface area contributed by atoms with Gasteiger partial charge in [0.15, 0.2) is 11.5 Å². The lowest BCUT2D eigenvalue weighted by molar-refractivity contribution is 0.122. The third-order valence-corrected chi connectivity index (χ3v) is 3.95. The minimum Gasteiger partial charge on any atom is -0.493 e. The van der Waals surface area contributed by atoms with Crippen LogP contribution in [-0.4, -0.2) is 50.0 Å². The summed E-state index contributed by atoms with van der Waals surface area (Å²) >= 11 is 0. The molecule has 0 saturated carbocycles. The van der Waals surface area contributed by atoms with Crippen molar-refractivity contribution in [3.63, 3.8) is 0 Å². The van der Waals surface area contributed by atoms with Crippen LogP contribution in [0.4, 0.5) is 11.8 Å². The summed E-state index contributed by atoms with van der Waals surface area (Å²) < 4.78 is 16.3. The molecule has 1 aromatic heterocycles. The summed E-state index contributed by atoms with van der Waals surface area (Å²) in [6, 6.07) is 7.81. The second-order valence-electron chi connectivity index (χ2n) is 5.61. The Morgan fingerprint density at radius 1 is 1.20 bits per heavy atom. The number of rotatable bonds is 7. The van der Waals surface area contributed by atoms with Gasteiger partial charge in [0.2, 0.25) is 5.95 Å². The summed E-state index contributed by atoms with van der Waals surface area (Å²) in [6.07, 6.45) is 1.78. The average Bonchev–Trinajstić information content (AvgIpc) is 2.68. The van der Waals surface area contributed by atoms with Crippen molar-refractivity contribution in [1.82, 2.24) is 9.97 Å². The lowest BCUT2D eigenvalue weighted by atomic mass is 10.2. The fourth-order valence-electron chi connectivity index (χ4n) is 2.68. The van der Waals surface area contributed by atoms with E-state index in [-0.39, 0.29) is 0 Å². The summed E-state index contributed by atoms with van der Waals surface area (Å²) in [4.78, 5) is 11.1. The van der Waals surface area contributed by atoms with E-state index in [0.29, 0.717) is 19.1 Å². The molecule has 1 N–H and O–H groups in total. The standard InChI is InChI=1S/C18H24N4O3/c1-3-25-16-12-14(4-5-15(16)23-2)13-20-18-19-7-6-17(21-18)22-8-10-24-11-9-22/h4-7,12H,3,8-11,13H2,1-2H3,(H,19,20,21). The fourth-order valence-corrected chi connectivity index (χ4v) is 2.68. The lowest BCUT2D eigenvalue weighted by Crippen LogP contribution is -2.36. The Bertz CT molecular complexity index is 690. The highest BCUT2D eigenvalue weighted by Gasteiger charge is 2.13. The van der Waals surface area contributed by atoms with Gasteiger partial charge in [-0.25, -0.2) is 4.98 Å². The Morgan fingerprint density at radius 3 is 2.80 bits per heavy atom. The number of morpholine rings is 1. The zero-order chi connectivity index (χ0) is 17.5. The molecule has 134 valence electrons. The molecule has 0 unspecified atom stereocenters. The minimum atomic E-state index is 0.595. The van der Waals surface area contributed by atoms with Crippen LogP contribution >= 0.6 is 0 Å². The van der Waals surface area contributed by atoms with E-state index in [9.17, 15) is 0 Å². The van der Waals surface area contributed by atoms with E-state index >= 15 is 0 Å². The zero-order valence-electron chi connectivity index (χ0n) is 14.7. The van der Waals surface area contributed by atoms with Gasteiger partial charge in [0.25, 0.3) is 0 Å². The number of methoxy groups -OCH3 is 1. The van der Waals surface area contributed by atoms with Crippen molar-refractivity contribution in [3.8, 4) is 11.5 Å². The molecule has 0 spiro atoms. The first-order valence-corrected chi connectivity index (χ1v) is 8.49. The molecule has 0 radical (unpaired) electrons. The van der Waals surface area contributed by atoms with Gasteiger partial charge in [-0.15, -0.1) is 0 Å². The summed E-state index contributed by atoms with van der Waals surface area (Å²) in [5.41, 5.74) is 1.07. The highest BCUT2D eigenvalue weighted by Crippen LogP contribution is 2.28. The van der Waals surface area contributed by atoms with Crippen LogP contribution in [0, 0.1) is 0 Å². The van der Waals surface area contributed by atoms with E-state index in [2.05, 4.69) is 20.2 Å². The van der Waals surface area contributed by atoms with Gasteiger partial charge in [-0.3, -0.25) is 0 Å². The molecular weight excluding hydrogens is 320 g/mol. The SMILES string of the molecule is CCOc1cc(CNc2nccc(N3CCOCC3)n2)ccc1OC. The molecule has 1 saturated heterocycles. The molecule has 0 amide bonds. The number of anilines is 2. The van der Waals surface area contributed by atoms with Crippen LogP contribution in [0.1, 0.15) is 12.5 Å². The van der Waals surface area contributed by atoms with Crippen LogP contribution < -0.4 is 19.7 Å². The van der Waals surface area contributed by atoms with E-state index in [1.54, 1.807) is 13.3 Å². The quantitative estimate of drug-likeness (QED) is 0.827. The highest BCUT2D eigenvalue weighted by atomic mass is 16.5. The fraction of sp³-hybridized carbons (Fsp3) is 0.444. The van der Waals surface area contributed by atoms with Crippen LogP contribution in [0.25, 0.3) is 0 Å². The average molecular weight is 344 g/mol. The predicted molar refractivity (Wildman–Crippen MR) is 96.6 cm³/mol. The molecule has 25 heavy (non-hydrogen) atoms. The second kappa shape index (κ2) is 8.53. The van der Waals surface area contributed by atoms with Gasteiger partial charge in [-0.05, 0) is 30.7 Å². The number of benzene rings is 1.